The lowest BCUT2D eigenvalue weighted by atomic mass is 10.0. The third-order valence-electron chi connectivity index (χ3n) is 5.76. The predicted molar refractivity (Wildman–Crippen MR) is 114 cm³/mol. The standard InChI is InChI=1S/C25H19N2O/c1-16-7-3-5-9-18(16)25-26(2)15-23-27(25)22-14-13-20-19-10-6-4-8-17(19)11-12-21(20)24(22)28-23/h3-15H,1-2H3/q+1. The zero-order chi connectivity index (χ0) is 18.8. The van der Waals surface area contributed by atoms with Gasteiger partial charge < -0.3 is 4.42 Å². The average Bonchev–Trinajstić information content (AvgIpc) is 3.23. The summed E-state index contributed by atoms with van der Waals surface area (Å²) < 4.78 is 10.8. The summed E-state index contributed by atoms with van der Waals surface area (Å²) in [7, 11) is 2.07. The van der Waals surface area contributed by atoms with Crippen LogP contribution in [0, 0.1) is 6.92 Å². The molecular formula is C25H19N2O+. The van der Waals surface area contributed by atoms with E-state index in [1.54, 1.807) is 0 Å². The van der Waals surface area contributed by atoms with Crippen molar-refractivity contribution in [1.82, 2.24) is 4.40 Å². The highest BCUT2D eigenvalue weighted by Crippen LogP contribution is 2.35. The number of nitrogens with zero attached hydrogens (tertiary/aromatic N) is 2. The third kappa shape index (κ3) is 1.96. The highest BCUT2D eigenvalue weighted by molar-refractivity contribution is 6.15. The summed E-state index contributed by atoms with van der Waals surface area (Å²) in [4.78, 5) is 0. The lowest BCUT2D eigenvalue weighted by Gasteiger charge is -2.04. The van der Waals surface area contributed by atoms with Gasteiger partial charge in [0.15, 0.2) is 17.3 Å². The first-order valence-corrected chi connectivity index (χ1v) is 9.52. The first kappa shape index (κ1) is 15.5. The molecular weight excluding hydrogens is 344 g/mol. The van der Waals surface area contributed by atoms with E-state index in [1.165, 1.54) is 27.3 Å². The molecule has 0 unspecified atom stereocenters. The summed E-state index contributed by atoms with van der Waals surface area (Å²) >= 11 is 0. The molecule has 0 bridgehead atoms. The molecule has 6 rings (SSSR count). The Bertz CT molecular complexity index is 1530. The summed E-state index contributed by atoms with van der Waals surface area (Å²) in [6.45, 7) is 2.15. The van der Waals surface area contributed by atoms with Crippen LogP contribution in [0.1, 0.15) is 5.56 Å². The van der Waals surface area contributed by atoms with E-state index >= 15 is 0 Å². The third-order valence-corrected chi connectivity index (χ3v) is 5.76. The quantitative estimate of drug-likeness (QED) is 0.267. The van der Waals surface area contributed by atoms with E-state index in [-0.39, 0.29) is 0 Å². The van der Waals surface area contributed by atoms with Gasteiger partial charge >= 0.3 is 5.71 Å². The van der Waals surface area contributed by atoms with Crippen molar-refractivity contribution in [2.45, 2.75) is 6.92 Å². The second-order valence-electron chi connectivity index (χ2n) is 7.45. The summed E-state index contributed by atoms with van der Waals surface area (Å²) in [6.07, 6.45) is 2.06. The molecule has 3 heteroatoms. The van der Waals surface area contributed by atoms with Gasteiger partial charge in [-0.05, 0) is 52.9 Å². The average molecular weight is 363 g/mol. The van der Waals surface area contributed by atoms with Gasteiger partial charge in [0.05, 0.1) is 12.6 Å². The van der Waals surface area contributed by atoms with E-state index < -0.39 is 0 Å². The Morgan fingerprint density at radius 2 is 1.57 bits per heavy atom. The van der Waals surface area contributed by atoms with Gasteiger partial charge in [0, 0.05) is 5.39 Å². The van der Waals surface area contributed by atoms with E-state index in [2.05, 4.69) is 102 Å². The van der Waals surface area contributed by atoms with Crippen LogP contribution in [-0.4, -0.2) is 4.40 Å². The maximum Gasteiger partial charge on any atom is 0.336 e. The second kappa shape index (κ2) is 5.46. The molecule has 0 aliphatic heterocycles. The lowest BCUT2D eigenvalue weighted by molar-refractivity contribution is -0.658. The van der Waals surface area contributed by atoms with Crippen LogP contribution in [0.3, 0.4) is 0 Å². The normalized spacial score (nSPS) is 11.9. The maximum absolute atomic E-state index is 6.38. The summed E-state index contributed by atoms with van der Waals surface area (Å²) in [5.74, 6) is 1.13. The zero-order valence-corrected chi connectivity index (χ0v) is 15.8. The number of hydrogen-bond donors (Lipinski definition) is 0. The van der Waals surface area contributed by atoms with Crippen LogP contribution < -0.4 is 4.57 Å². The van der Waals surface area contributed by atoms with Crippen LogP contribution in [0.25, 0.3) is 49.7 Å². The molecule has 0 saturated carbocycles. The lowest BCUT2D eigenvalue weighted by Crippen LogP contribution is -2.28. The number of imidazole rings is 1. The molecule has 6 aromatic rings. The molecule has 2 heterocycles. The van der Waals surface area contributed by atoms with Crippen molar-refractivity contribution < 1.29 is 8.98 Å². The van der Waals surface area contributed by atoms with Gasteiger partial charge in [-0.25, -0.2) is 4.57 Å². The van der Waals surface area contributed by atoms with E-state index in [4.69, 9.17) is 4.42 Å². The molecule has 0 N–H and O–H groups in total. The van der Waals surface area contributed by atoms with Gasteiger partial charge in [0.1, 0.15) is 0 Å². The minimum absolute atomic E-state index is 0.858. The van der Waals surface area contributed by atoms with Gasteiger partial charge in [-0.3, -0.25) is 0 Å². The first-order valence-electron chi connectivity index (χ1n) is 9.52. The Morgan fingerprint density at radius 1 is 0.786 bits per heavy atom. The molecule has 0 radical (unpaired) electrons. The molecule has 0 aliphatic rings. The van der Waals surface area contributed by atoms with Crippen LogP contribution in [0.15, 0.2) is 83.4 Å². The molecule has 28 heavy (non-hydrogen) atoms. The fraction of sp³-hybridized carbons (Fsp3) is 0.0800. The fourth-order valence-electron chi connectivity index (χ4n) is 4.42. The number of fused-ring (bicyclic) bond motifs is 7. The monoisotopic (exact) mass is 363 g/mol. The molecule has 0 amide bonds. The highest BCUT2D eigenvalue weighted by Gasteiger charge is 2.26. The number of aryl methyl sites for hydroxylation is 2. The smallest absolute Gasteiger partial charge is 0.336 e. The number of aromatic nitrogens is 2. The second-order valence-corrected chi connectivity index (χ2v) is 7.45. The van der Waals surface area contributed by atoms with Crippen LogP contribution in [0.2, 0.25) is 0 Å². The van der Waals surface area contributed by atoms with Crippen molar-refractivity contribution in [3.8, 4) is 11.4 Å². The largest absolute Gasteiger partial charge is 0.415 e. The Balaban J connectivity index is 1.77. The molecule has 3 nitrogen and oxygen atoms in total. The molecule has 134 valence electrons. The molecule has 0 aliphatic carbocycles. The number of rotatable bonds is 1. The van der Waals surface area contributed by atoms with Gasteiger partial charge in [-0.15, -0.1) is 0 Å². The fourth-order valence-corrected chi connectivity index (χ4v) is 4.42. The zero-order valence-electron chi connectivity index (χ0n) is 15.8. The van der Waals surface area contributed by atoms with Crippen LogP contribution >= 0.6 is 0 Å². The summed E-state index contributed by atoms with van der Waals surface area (Å²) in [6, 6.07) is 25.8. The molecule has 4 aromatic carbocycles. The van der Waals surface area contributed by atoms with Gasteiger partial charge in [0.25, 0.3) is 5.82 Å². The topological polar surface area (TPSA) is 21.4 Å². The predicted octanol–water partition coefficient (Wildman–Crippen LogP) is 5.79. The Kier molecular flexibility index (Phi) is 3.01. The highest BCUT2D eigenvalue weighted by atomic mass is 16.3. The van der Waals surface area contributed by atoms with Gasteiger partial charge in [-0.2, -0.15) is 4.40 Å². The molecule has 0 saturated heterocycles. The van der Waals surface area contributed by atoms with E-state index in [1.807, 2.05) is 0 Å². The number of oxazole rings is 1. The molecule has 0 atom stereocenters. The van der Waals surface area contributed by atoms with Crippen molar-refractivity contribution in [1.29, 1.82) is 0 Å². The number of hydrogen-bond acceptors (Lipinski definition) is 1. The van der Waals surface area contributed by atoms with E-state index in [9.17, 15) is 0 Å². The molecule has 2 aromatic heterocycles. The van der Waals surface area contributed by atoms with Crippen molar-refractivity contribution in [3.63, 3.8) is 0 Å². The first-order chi connectivity index (χ1) is 13.7. The van der Waals surface area contributed by atoms with Crippen molar-refractivity contribution in [3.05, 3.63) is 84.6 Å². The van der Waals surface area contributed by atoms with Gasteiger partial charge in [-0.1, -0.05) is 48.5 Å². The molecule has 0 spiro atoms. The Morgan fingerprint density at radius 3 is 2.46 bits per heavy atom. The van der Waals surface area contributed by atoms with Crippen molar-refractivity contribution in [2.75, 3.05) is 0 Å². The minimum atomic E-state index is 0.858. The van der Waals surface area contributed by atoms with E-state index in [0.717, 1.165) is 28.0 Å². The Hall–Kier alpha value is -3.59. The van der Waals surface area contributed by atoms with Crippen LogP contribution in [0.4, 0.5) is 0 Å². The van der Waals surface area contributed by atoms with Crippen molar-refractivity contribution >= 4 is 38.4 Å². The number of benzene rings is 4. The van der Waals surface area contributed by atoms with Crippen molar-refractivity contribution in [2.24, 2.45) is 7.05 Å². The summed E-state index contributed by atoms with van der Waals surface area (Å²) in [5.41, 5.74) is 5.35. The van der Waals surface area contributed by atoms with E-state index in [0.29, 0.717) is 0 Å². The minimum Gasteiger partial charge on any atom is -0.415 e. The summed E-state index contributed by atoms with van der Waals surface area (Å²) in [5, 5.41) is 4.88. The maximum atomic E-state index is 6.38. The van der Waals surface area contributed by atoms with Gasteiger partial charge in [0.2, 0.25) is 0 Å². The molecule has 0 fully saturated rings. The SMILES string of the molecule is Cc1ccccc1-c1n2c(c[n+]1C)oc1c3ccc4ccccc4c3ccc12. The Labute approximate surface area is 162 Å². The van der Waals surface area contributed by atoms with Crippen LogP contribution in [0.5, 0.6) is 0 Å². The van der Waals surface area contributed by atoms with Crippen LogP contribution in [-0.2, 0) is 7.05 Å².